The molecular weight excluding hydrogens is 328 g/mol. The zero-order chi connectivity index (χ0) is 18.5. The van der Waals surface area contributed by atoms with Gasteiger partial charge in [0.1, 0.15) is 0 Å². The lowest BCUT2D eigenvalue weighted by Crippen LogP contribution is -2.29. The van der Waals surface area contributed by atoms with E-state index >= 15 is 0 Å². The highest BCUT2D eigenvalue weighted by Crippen LogP contribution is 2.24. The summed E-state index contributed by atoms with van der Waals surface area (Å²) in [4.78, 5) is 0. The molecule has 0 bridgehead atoms. The molecule has 2 heteroatoms. The maximum absolute atomic E-state index is 3.87. The van der Waals surface area contributed by atoms with E-state index in [1.807, 2.05) is 0 Å². The minimum atomic E-state index is 0.684. The van der Waals surface area contributed by atoms with Gasteiger partial charge in [-0.2, -0.15) is 0 Å². The number of hydrogen-bond donors (Lipinski definition) is 1. The molecule has 1 aliphatic rings. The van der Waals surface area contributed by atoms with Gasteiger partial charge in [-0.05, 0) is 42.5 Å². The van der Waals surface area contributed by atoms with E-state index in [0.29, 0.717) is 6.04 Å². The van der Waals surface area contributed by atoms with Gasteiger partial charge in [0.15, 0.2) is 0 Å². The van der Waals surface area contributed by atoms with Crippen LogP contribution in [0.25, 0.3) is 10.9 Å². The maximum Gasteiger partial charge on any atom is 0.0486 e. The van der Waals surface area contributed by atoms with Gasteiger partial charge in [0.05, 0.1) is 0 Å². The van der Waals surface area contributed by atoms with Gasteiger partial charge in [-0.1, -0.05) is 74.6 Å². The van der Waals surface area contributed by atoms with E-state index in [-0.39, 0.29) is 0 Å². The van der Waals surface area contributed by atoms with Crippen molar-refractivity contribution in [2.24, 2.45) is 0 Å². The van der Waals surface area contributed by atoms with Crippen molar-refractivity contribution in [3.05, 3.63) is 71.4 Å². The van der Waals surface area contributed by atoms with Crippen molar-refractivity contribution in [3.63, 3.8) is 0 Å². The van der Waals surface area contributed by atoms with Crippen molar-refractivity contribution in [1.82, 2.24) is 9.88 Å². The third-order valence-electron chi connectivity index (χ3n) is 6.16. The van der Waals surface area contributed by atoms with Crippen molar-refractivity contribution in [3.8, 4) is 0 Å². The van der Waals surface area contributed by atoms with E-state index in [9.17, 15) is 0 Å². The van der Waals surface area contributed by atoms with Crippen LogP contribution in [0.1, 0.15) is 61.6 Å². The van der Waals surface area contributed by atoms with Gasteiger partial charge in [0.25, 0.3) is 0 Å². The van der Waals surface area contributed by atoms with Crippen molar-refractivity contribution in [2.75, 3.05) is 0 Å². The van der Waals surface area contributed by atoms with E-state index < -0.39 is 0 Å². The topological polar surface area (TPSA) is 17.0 Å². The van der Waals surface area contributed by atoms with E-state index in [1.54, 1.807) is 0 Å². The Kier molecular flexibility index (Phi) is 5.94. The Balaban J connectivity index is 1.53. The zero-order valence-corrected chi connectivity index (χ0v) is 16.6. The minimum absolute atomic E-state index is 0.684. The molecule has 2 aromatic carbocycles. The average molecular weight is 361 g/mol. The first kappa shape index (κ1) is 18.3. The number of hydrogen-bond acceptors (Lipinski definition) is 1. The molecule has 142 valence electrons. The number of aromatic nitrogens is 1. The monoisotopic (exact) mass is 360 g/mol. The first-order valence-corrected chi connectivity index (χ1v) is 10.7. The van der Waals surface area contributed by atoms with Gasteiger partial charge in [0.2, 0.25) is 0 Å². The maximum atomic E-state index is 3.87. The molecule has 1 aliphatic carbocycles. The van der Waals surface area contributed by atoms with E-state index in [1.165, 1.54) is 72.5 Å². The first-order chi connectivity index (χ1) is 13.3. The van der Waals surface area contributed by atoms with Gasteiger partial charge >= 0.3 is 0 Å². The highest BCUT2D eigenvalue weighted by Gasteiger charge is 2.13. The second-order valence-corrected chi connectivity index (χ2v) is 8.15. The summed E-state index contributed by atoms with van der Waals surface area (Å²) in [6, 6.07) is 18.3. The molecule has 0 spiro atoms. The highest BCUT2D eigenvalue weighted by atomic mass is 15.0. The van der Waals surface area contributed by atoms with Crippen LogP contribution in [-0.2, 0) is 13.1 Å². The van der Waals surface area contributed by atoms with Gasteiger partial charge in [-0.15, -0.1) is 0 Å². The fourth-order valence-electron chi connectivity index (χ4n) is 4.48. The lowest BCUT2D eigenvalue weighted by atomic mass is 9.96. The number of para-hydroxylation sites is 1. The van der Waals surface area contributed by atoms with Crippen molar-refractivity contribution in [2.45, 2.75) is 71.0 Å². The summed E-state index contributed by atoms with van der Waals surface area (Å²) in [5.74, 6) is 0. The largest absolute Gasteiger partial charge is 0.343 e. The van der Waals surface area contributed by atoms with E-state index in [0.717, 1.165) is 13.1 Å². The van der Waals surface area contributed by atoms with Crippen LogP contribution in [0.4, 0.5) is 0 Å². The summed E-state index contributed by atoms with van der Waals surface area (Å²) < 4.78 is 2.42. The van der Waals surface area contributed by atoms with Crippen LogP contribution in [0.15, 0.2) is 54.7 Å². The summed E-state index contributed by atoms with van der Waals surface area (Å²) in [5.41, 5.74) is 5.54. The third kappa shape index (κ3) is 4.44. The molecular formula is C25H32N2. The molecule has 1 N–H and O–H groups in total. The lowest BCUT2D eigenvalue weighted by molar-refractivity contribution is 0.389. The first-order valence-electron chi connectivity index (χ1n) is 10.7. The van der Waals surface area contributed by atoms with Crippen molar-refractivity contribution in [1.29, 1.82) is 0 Å². The molecule has 1 saturated carbocycles. The summed E-state index contributed by atoms with van der Waals surface area (Å²) in [7, 11) is 0. The molecule has 2 nitrogen and oxygen atoms in total. The summed E-state index contributed by atoms with van der Waals surface area (Å²) in [6.07, 6.45) is 12.1. The summed E-state index contributed by atoms with van der Waals surface area (Å²) in [5, 5.41) is 5.27. The average Bonchev–Trinajstić information content (AvgIpc) is 3.01. The fraction of sp³-hybridized carbons (Fsp3) is 0.440. The zero-order valence-electron chi connectivity index (χ0n) is 16.6. The minimum Gasteiger partial charge on any atom is -0.343 e. The van der Waals surface area contributed by atoms with E-state index in [4.69, 9.17) is 0 Å². The molecule has 0 atom stereocenters. The van der Waals surface area contributed by atoms with Gasteiger partial charge in [-0.25, -0.2) is 0 Å². The molecule has 1 heterocycles. The molecule has 0 radical (unpaired) electrons. The van der Waals surface area contributed by atoms with Crippen LogP contribution >= 0.6 is 0 Å². The Morgan fingerprint density at radius 3 is 2.37 bits per heavy atom. The Morgan fingerprint density at radius 2 is 1.56 bits per heavy atom. The molecule has 27 heavy (non-hydrogen) atoms. The van der Waals surface area contributed by atoms with Crippen molar-refractivity contribution >= 4 is 10.9 Å². The molecule has 3 aromatic rings. The Morgan fingerprint density at radius 1 is 0.852 bits per heavy atom. The number of rotatable bonds is 5. The molecule has 1 fully saturated rings. The number of nitrogens with one attached hydrogen (secondary N) is 1. The highest BCUT2D eigenvalue weighted by molar-refractivity contribution is 5.84. The molecule has 0 saturated heterocycles. The Bertz CT molecular complexity index is 869. The van der Waals surface area contributed by atoms with Crippen LogP contribution in [0, 0.1) is 6.92 Å². The standard InChI is InChI=1S/C25H32N2/c1-20-11-7-8-12-21(20)18-27-19-22(24-15-9-10-16-25(24)27)17-26-23-13-5-3-2-4-6-14-23/h7-12,15-16,19,23,26H,2-6,13-14,17-18H2,1H3. The molecule has 0 amide bonds. The van der Waals surface area contributed by atoms with Crippen molar-refractivity contribution < 1.29 is 0 Å². The SMILES string of the molecule is Cc1ccccc1Cn1cc(CNC2CCCCCCC2)c2ccccc21. The van der Waals surface area contributed by atoms with E-state index in [2.05, 4.69) is 71.5 Å². The molecule has 0 unspecified atom stereocenters. The van der Waals surface area contributed by atoms with Crippen LogP contribution in [0.3, 0.4) is 0 Å². The van der Waals surface area contributed by atoms with Crippen LogP contribution in [0.5, 0.6) is 0 Å². The second kappa shape index (κ2) is 8.75. The Labute approximate surface area is 163 Å². The fourth-order valence-corrected chi connectivity index (χ4v) is 4.48. The predicted octanol–water partition coefficient (Wildman–Crippen LogP) is 6.20. The molecule has 4 rings (SSSR count). The van der Waals surface area contributed by atoms with Crippen LogP contribution in [-0.4, -0.2) is 10.6 Å². The summed E-state index contributed by atoms with van der Waals surface area (Å²) in [6.45, 7) is 4.13. The number of nitrogens with zero attached hydrogens (tertiary/aromatic N) is 1. The second-order valence-electron chi connectivity index (χ2n) is 8.15. The predicted molar refractivity (Wildman–Crippen MR) is 115 cm³/mol. The van der Waals surface area contributed by atoms with Crippen LogP contribution in [0.2, 0.25) is 0 Å². The van der Waals surface area contributed by atoms with Gasteiger partial charge < -0.3 is 9.88 Å². The Hall–Kier alpha value is -2.06. The quantitative estimate of drug-likeness (QED) is 0.573. The van der Waals surface area contributed by atoms with Crippen LogP contribution < -0.4 is 5.32 Å². The number of aryl methyl sites for hydroxylation is 1. The lowest BCUT2D eigenvalue weighted by Gasteiger charge is -2.21. The molecule has 0 aliphatic heterocycles. The third-order valence-corrected chi connectivity index (χ3v) is 6.16. The number of fused-ring (bicyclic) bond motifs is 1. The molecule has 1 aromatic heterocycles. The smallest absolute Gasteiger partial charge is 0.0486 e. The summed E-state index contributed by atoms with van der Waals surface area (Å²) >= 11 is 0. The normalized spacial score (nSPS) is 16.3. The van der Waals surface area contributed by atoms with Gasteiger partial charge in [0, 0.05) is 36.2 Å². The van der Waals surface area contributed by atoms with Gasteiger partial charge in [-0.3, -0.25) is 0 Å². The number of benzene rings is 2.